The average Bonchev–Trinajstić information content (AvgIpc) is 2.67. The van der Waals surface area contributed by atoms with Crippen molar-refractivity contribution in [1.29, 1.82) is 0 Å². The van der Waals surface area contributed by atoms with E-state index < -0.39 is 5.97 Å². The largest absolute Gasteiger partial charge is 0.481 e. The Kier molecular flexibility index (Phi) is 6.22. The lowest BCUT2D eigenvalue weighted by Crippen LogP contribution is -2.40. The number of carbonyl (C=O) groups is 2. The molecule has 1 saturated heterocycles. The summed E-state index contributed by atoms with van der Waals surface area (Å²) >= 11 is 7.80. The summed E-state index contributed by atoms with van der Waals surface area (Å²) in [7, 11) is 0. The van der Waals surface area contributed by atoms with E-state index >= 15 is 0 Å². The number of rotatable bonds is 5. The second-order valence-electron chi connectivity index (χ2n) is 6.28. The quantitative estimate of drug-likeness (QED) is 0.761. The predicted octanol–water partition coefficient (Wildman–Crippen LogP) is 4.57. The van der Waals surface area contributed by atoms with Crippen molar-refractivity contribution in [2.24, 2.45) is 5.92 Å². The number of carboxylic acids is 1. The van der Waals surface area contributed by atoms with E-state index in [1.165, 1.54) is 0 Å². The Morgan fingerprint density at radius 3 is 2.42 bits per heavy atom. The van der Waals surface area contributed by atoms with Gasteiger partial charge < -0.3 is 10.0 Å². The van der Waals surface area contributed by atoms with Crippen LogP contribution in [0.1, 0.15) is 28.8 Å². The van der Waals surface area contributed by atoms with Gasteiger partial charge in [-0.15, -0.1) is 11.8 Å². The zero-order chi connectivity index (χ0) is 18.5. The maximum Gasteiger partial charge on any atom is 0.306 e. The highest BCUT2D eigenvalue weighted by molar-refractivity contribution is 7.98. The highest BCUT2D eigenvalue weighted by atomic mass is 35.5. The monoisotopic (exact) mass is 389 g/mol. The third-order valence-electron chi connectivity index (χ3n) is 4.59. The van der Waals surface area contributed by atoms with Crippen molar-refractivity contribution in [3.05, 3.63) is 64.7 Å². The minimum atomic E-state index is -0.771. The van der Waals surface area contributed by atoms with Crippen LogP contribution in [0.25, 0.3) is 0 Å². The van der Waals surface area contributed by atoms with Gasteiger partial charge in [0.05, 0.1) is 11.5 Å². The lowest BCUT2D eigenvalue weighted by atomic mass is 9.96. The van der Waals surface area contributed by atoms with Crippen LogP contribution < -0.4 is 0 Å². The van der Waals surface area contributed by atoms with E-state index in [9.17, 15) is 9.59 Å². The second kappa shape index (κ2) is 8.60. The molecule has 1 heterocycles. The molecule has 0 radical (unpaired) electrons. The van der Waals surface area contributed by atoms with Gasteiger partial charge in [0.15, 0.2) is 0 Å². The predicted molar refractivity (Wildman–Crippen MR) is 104 cm³/mol. The molecule has 0 aromatic heterocycles. The smallest absolute Gasteiger partial charge is 0.306 e. The van der Waals surface area contributed by atoms with Crippen molar-refractivity contribution in [2.75, 3.05) is 13.1 Å². The third kappa shape index (κ3) is 4.40. The molecule has 136 valence electrons. The first-order valence-electron chi connectivity index (χ1n) is 8.53. The fraction of sp³-hybridized carbons (Fsp3) is 0.300. The lowest BCUT2D eigenvalue weighted by Gasteiger charge is -2.30. The maximum absolute atomic E-state index is 12.9. The van der Waals surface area contributed by atoms with Gasteiger partial charge in [-0.05, 0) is 36.6 Å². The highest BCUT2D eigenvalue weighted by Gasteiger charge is 2.28. The Bertz CT molecular complexity index is 803. The van der Waals surface area contributed by atoms with E-state index in [4.69, 9.17) is 16.7 Å². The van der Waals surface area contributed by atoms with E-state index in [2.05, 4.69) is 0 Å². The van der Waals surface area contributed by atoms with Crippen LogP contribution in [0.3, 0.4) is 0 Å². The topological polar surface area (TPSA) is 57.6 Å². The first-order chi connectivity index (χ1) is 12.6. The number of hydrogen-bond acceptors (Lipinski definition) is 3. The van der Waals surface area contributed by atoms with E-state index in [1.54, 1.807) is 16.7 Å². The van der Waals surface area contributed by atoms with E-state index in [0.29, 0.717) is 37.2 Å². The average molecular weight is 390 g/mol. The zero-order valence-corrected chi connectivity index (χ0v) is 15.8. The number of benzene rings is 2. The number of carboxylic acid groups (broad SMARTS) is 1. The molecule has 26 heavy (non-hydrogen) atoms. The molecule has 6 heteroatoms. The summed E-state index contributed by atoms with van der Waals surface area (Å²) in [5, 5.41) is 9.83. The number of thioether (sulfide) groups is 1. The van der Waals surface area contributed by atoms with Gasteiger partial charge in [-0.2, -0.15) is 0 Å². The SMILES string of the molecule is O=C(O)C1CCN(C(=O)c2ccccc2SCc2ccccc2Cl)CC1. The van der Waals surface area contributed by atoms with Crippen molar-refractivity contribution in [2.45, 2.75) is 23.5 Å². The van der Waals surface area contributed by atoms with Gasteiger partial charge >= 0.3 is 5.97 Å². The van der Waals surface area contributed by atoms with Crippen LogP contribution in [-0.4, -0.2) is 35.0 Å². The molecule has 0 spiro atoms. The number of likely N-dealkylation sites (tertiary alicyclic amines) is 1. The zero-order valence-electron chi connectivity index (χ0n) is 14.2. The van der Waals surface area contributed by atoms with Gasteiger partial charge in [-0.25, -0.2) is 0 Å². The van der Waals surface area contributed by atoms with E-state index in [0.717, 1.165) is 15.5 Å². The van der Waals surface area contributed by atoms with Gasteiger partial charge in [0, 0.05) is 28.8 Å². The summed E-state index contributed by atoms with van der Waals surface area (Å²) in [5.74, 6) is -0.460. The maximum atomic E-state index is 12.9. The van der Waals surface area contributed by atoms with Crippen LogP contribution in [0, 0.1) is 5.92 Å². The number of nitrogens with zero attached hydrogens (tertiary/aromatic N) is 1. The summed E-state index contributed by atoms with van der Waals surface area (Å²) in [6, 6.07) is 15.2. The summed E-state index contributed by atoms with van der Waals surface area (Å²) in [6.07, 6.45) is 1.02. The van der Waals surface area contributed by atoms with Crippen molar-refractivity contribution >= 4 is 35.2 Å². The fourth-order valence-electron chi connectivity index (χ4n) is 3.04. The van der Waals surface area contributed by atoms with Crippen molar-refractivity contribution < 1.29 is 14.7 Å². The lowest BCUT2D eigenvalue weighted by molar-refractivity contribution is -0.143. The fourth-order valence-corrected chi connectivity index (χ4v) is 4.37. The van der Waals surface area contributed by atoms with Gasteiger partial charge in [0.1, 0.15) is 0 Å². The Morgan fingerprint density at radius 1 is 1.08 bits per heavy atom. The molecule has 2 aromatic rings. The molecular formula is C20H20ClNO3S. The van der Waals surface area contributed by atoms with Crippen LogP contribution in [0.15, 0.2) is 53.4 Å². The Balaban J connectivity index is 1.70. The van der Waals surface area contributed by atoms with Crippen LogP contribution in [0.4, 0.5) is 0 Å². The molecule has 0 unspecified atom stereocenters. The molecule has 1 aliphatic heterocycles. The van der Waals surface area contributed by atoms with Gasteiger partial charge in [0.2, 0.25) is 0 Å². The van der Waals surface area contributed by atoms with Crippen molar-refractivity contribution in [1.82, 2.24) is 4.90 Å². The number of piperidine rings is 1. The summed E-state index contributed by atoms with van der Waals surface area (Å²) in [6.45, 7) is 0.971. The van der Waals surface area contributed by atoms with Crippen LogP contribution in [-0.2, 0) is 10.5 Å². The van der Waals surface area contributed by atoms with Crippen LogP contribution in [0.2, 0.25) is 5.02 Å². The van der Waals surface area contributed by atoms with Gasteiger partial charge in [0.25, 0.3) is 5.91 Å². The van der Waals surface area contributed by atoms with Crippen LogP contribution >= 0.6 is 23.4 Å². The third-order valence-corrected chi connectivity index (χ3v) is 6.08. The number of aliphatic carboxylic acids is 1. The molecule has 4 nitrogen and oxygen atoms in total. The normalized spacial score (nSPS) is 15.0. The first-order valence-corrected chi connectivity index (χ1v) is 9.90. The van der Waals surface area contributed by atoms with Crippen molar-refractivity contribution in [3.63, 3.8) is 0 Å². The standard InChI is InChI=1S/C20H20ClNO3S/c21-17-7-3-1-5-15(17)13-26-18-8-4-2-6-16(18)19(23)22-11-9-14(10-12-22)20(24)25/h1-8,14H,9-13H2,(H,24,25). The molecule has 0 bridgehead atoms. The minimum Gasteiger partial charge on any atom is -0.481 e. The number of carbonyl (C=O) groups excluding carboxylic acids is 1. The van der Waals surface area contributed by atoms with Gasteiger partial charge in [-0.3, -0.25) is 9.59 Å². The van der Waals surface area contributed by atoms with E-state index in [-0.39, 0.29) is 11.8 Å². The molecule has 3 rings (SSSR count). The first kappa shape index (κ1) is 18.8. The Labute approximate surface area is 162 Å². The highest BCUT2D eigenvalue weighted by Crippen LogP contribution is 2.30. The molecule has 0 saturated carbocycles. The summed E-state index contributed by atoms with van der Waals surface area (Å²) < 4.78 is 0. The molecule has 1 aliphatic rings. The van der Waals surface area contributed by atoms with Gasteiger partial charge in [-0.1, -0.05) is 41.9 Å². The Morgan fingerprint density at radius 2 is 1.73 bits per heavy atom. The Hall–Kier alpha value is -1.98. The van der Waals surface area contributed by atoms with E-state index in [1.807, 2.05) is 48.5 Å². The second-order valence-corrected chi connectivity index (χ2v) is 7.71. The summed E-state index contributed by atoms with van der Waals surface area (Å²) in [5.41, 5.74) is 1.70. The molecule has 0 atom stereocenters. The molecular weight excluding hydrogens is 370 g/mol. The minimum absolute atomic E-state index is 0.0314. The summed E-state index contributed by atoms with van der Waals surface area (Å²) in [4.78, 5) is 26.7. The molecule has 1 amide bonds. The number of hydrogen-bond donors (Lipinski definition) is 1. The molecule has 1 fully saturated rings. The van der Waals surface area contributed by atoms with Crippen molar-refractivity contribution in [3.8, 4) is 0 Å². The number of amides is 1. The van der Waals surface area contributed by atoms with Crippen LogP contribution in [0.5, 0.6) is 0 Å². The molecule has 2 aromatic carbocycles. The number of halogens is 1. The molecule has 0 aliphatic carbocycles. The molecule has 1 N–H and O–H groups in total.